The van der Waals surface area contributed by atoms with Gasteiger partial charge < -0.3 is 20.1 Å². The summed E-state index contributed by atoms with van der Waals surface area (Å²) in [6.45, 7) is 2.86. The third kappa shape index (κ3) is 3.17. The van der Waals surface area contributed by atoms with Gasteiger partial charge in [0.25, 0.3) is 0 Å². The van der Waals surface area contributed by atoms with E-state index in [0.29, 0.717) is 18.9 Å². The molecule has 0 amide bonds. The molecule has 3 atom stereocenters. The number of β-amino-alcohol motifs (C(OH)–C–C–N with tert-alkyl or cyclic N) is 1. The first kappa shape index (κ1) is 13.2. The van der Waals surface area contributed by atoms with Crippen molar-refractivity contribution < 1.29 is 20.1 Å². The van der Waals surface area contributed by atoms with Crippen LogP contribution in [0.15, 0.2) is 0 Å². The van der Waals surface area contributed by atoms with Crippen molar-refractivity contribution >= 4 is 0 Å². The summed E-state index contributed by atoms with van der Waals surface area (Å²) in [4.78, 5) is 2.12. The Labute approximate surface area is 102 Å². The van der Waals surface area contributed by atoms with E-state index in [4.69, 9.17) is 4.74 Å². The Bertz CT molecular complexity index is 233. The van der Waals surface area contributed by atoms with Crippen LogP contribution in [0.4, 0.5) is 0 Å². The fraction of sp³-hybridized carbons (Fsp3) is 1.00. The standard InChI is InChI=1S/C12H23NO4/c14-8-10(9-2-5-17-6-3-9)13-4-1-11(15)12(16)7-13/h9-12,14-16H,1-8H2. The van der Waals surface area contributed by atoms with Gasteiger partial charge in [0.2, 0.25) is 0 Å². The Morgan fingerprint density at radius 3 is 2.41 bits per heavy atom. The van der Waals surface area contributed by atoms with Crippen LogP contribution in [0.5, 0.6) is 0 Å². The molecular weight excluding hydrogens is 222 g/mol. The molecule has 5 heteroatoms. The maximum atomic E-state index is 9.69. The van der Waals surface area contributed by atoms with Crippen LogP contribution in [-0.2, 0) is 4.74 Å². The molecule has 2 heterocycles. The summed E-state index contributed by atoms with van der Waals surface area (Å²) in [5.74, 6) is 0.441. The van der Waals surface area contributed by atoms with E-state index in [1.165, 1.54) is 0 Å². The predicted octanol–water partition coefficient (Wildman–Crippen LogP) is -0.799. The number of hydrogen-bond acceptors (Lipinski definition) is 5. The summed E-state index contributed by atoms with van der Waals surface area (Å²) >= 11 is 0. The summed E-state index contributed by atoms with van der Waals surface area (Å²) < 4.78 is 5.33. The number of ether oxygens (including phenoxy) is 1. The zero-order valence-corrected chi connectivity index (χ0v) is 10.2. The van der Waals surface area contributed by atoms with Gasteiger partial charge >= 0.3 is 0 Å². The molecule has 5 nitrogen and oxygen atoms in total. The van der Waals surface area contributed by atoms with E-state index in [-0.39, 0.29) is 12.6 Å². The maximum absolute atomic E-state index is 9.69. The molecular formula is C12H23NO4. The average molecular weight is 245 g/mol. The molecule has 0 bridgehead atoms. The van der Waals surface area contributed by atoms with Crippen LogP contribution in [0, 0.1) is 5.92 Å². The van der Waals surface area contributed by atoms with Gasteiger partial charge in [-0.15, -0.1) is 0 Å². The predicted molar refractivity (Wildman–Crippen MR) is 62.6 cm³/mol. The van der Waals surface area contributed by atoms with Gasteiger partial charge in [-0.05, 0) is 25.2 Å². The van der Waals surface area contributed by atoms with Gasteiger partial charge in [-0.1, -0.05) is 0 Å². The number of aliphatic hydroxyl groups is 3. The lowest BCUT2D eigenvalue weighted by Gasteiger charge is -2.42. The second-order valence-corrected chi connectivity index (χ2v) is 5.12. The molecule has 3 unspecified atom stereocenters. The van der Waals surface area contributed by atoms with Gasteiger partial charge in [0.05, 0.1) is 18.8 Å². The number of hydrogen-bond donors (Lipinski definition) is 3. The van der Waals surface area contributed by atoms with Crippen molar-refractivity contribution in [2.45, 2.75) is 37.5 Å². The van der Waals surface area contributed by atoms with Gasteiger partial charge in [0.15, 0.2) is 0 Å². The first-order valence-electron chi connectivity index (χ1n) is 6.51. The highest BCUT2D eigenvalue weighted by Crippen LogP contribution is 2.25. The molecule has 2 saturated heterocycles. The Morgan fingerprint density at radius 1 is 1.12 bits per heavy atom. The molecule has 17 heavy (non-hydrogen) atoms. The van der Waals surface area contributed by atoms with Crippen LogP contribution in [-0.4, -0.2) is 71.4 Å². The SMILES string of the molecule is OCC(C1CCOCC1)N1CCC(O)C(O)C1. The molecule has 2 fully saturated rings. The first-order chi connectivity index (χ1) is 8.22. The number of rotatable bonds is 3. The highest BCUT2D eigenvalue weighted by molar-refractivity contribution is 4.87. The van der Waals surface area contributed by atoms with Gasteiger partial charge in [0, 0.05) is 32.3 Å². The molecule has 2 aliphatic rings. The van der Waals surface area contributed by atoms with Crippen LogP contribution >= 0.6 is 0 Å². The second kappa shape index (κ2) is 6.11. The summed E-state index contributed by atoms with van der Waals surface area (Å²) in [5.41, 5.74) is 0. The Morgan fingerprint density at radius 2 is 1.82 bits per heavy atom. The van der Waals surface area contributed by atoms with Crippen molar-refractivity contribution in [3.05, 3.63) is 0 Å². The lowest BCUT2D eigenvalue weighted by molar-refractivity contribution is -0.0721. The van der Waals surface area contributed by atoms with Crippen LogP contribution in [0.1, 0.15) is 19.3 Å². The van der Waals surface area contributed by atoms with E-state index in [0.717, 1.165) is 32.6 Å². The summed E-state index contributed by atoms with van der Waals surface area (Å²) in [5, 5.41) is 28.8. The average Bonchev–Trinajstić information content (AvgIpc) is 2.36. The minimum Gasteiger partial charge on any atom is -0.395 e. The molecule has 0 aromatic rings. The molecule has 2 aliphatic heterocycles. The number of piperidine rings is 1. The van der Waals surface area contributed by atoms with Crippen molar-refractivity contribution in [1.29, 1.82) is 0 Å². The van der Waals surface area contributed by atoms with Crippen LogP contribution < -0.4 is 0 Å². The third-order valence-electron chi connectivity index (χ3n) is 4.04. The molecule has 2 rings (SSSR count). The summed E-state index contributed by atoms with van der Waals surface area (Å²) in [6.07, 6.45) is 1.24. The monoisotopic (exact) mass is 245 g/mol. The largest absolute Gasteiger partial charge is 0.395 e. The van der Waals surface area contributed by atoms with E-state index in [1.54, 1.807) is 0 Å². The van der Waals surface area contributed by atoms with Crippen molar-refractivity contribution in [2.75, 3.05) is 32.9 Å². The Balaban J connectivity index is 1.93. The highest BCUT2D eigenvalue weighted by Gasteiger charge is 2.34. The zero-order chi connectivity index (χ0) is 12.3. The van der Waals surface area contributed by atoms with Crippen LogP contribution in [0.2, 0.25) is 0 Å². The smallest absolute Gasteiger partial charge is 0.0926 e. The van der Waals surface area contributed by atoms with E-state index in [2.05, 4.69) is 4.90 Å². The molecule has 0 radical (unpaired) electrons. The maximum Gasteiger partial charge on any atom is 0.0926 e. The quantitative estimate of drug-likeness (QED) is 0.607. The second-order valence-electron chi connectivity index (χ2n) is 5.12. The fourth-order valence-electron chi connectivity index (χ4n) is 2.91. The van der Waals surface area contributed by atoms with Gasteiger partial charge in [-0.25, -0.2) is 0 Å². The Hall–Kier alpha value is -0.200. The third-order valence-corrected chi connectivity index (χ3v) is 4.04. The fourth-order valence-corrected chi connectivity index (χ4v) is 2.91. The van der Waals surface area contributed by atoms with Crippen LogP contribution in [0.3, 0.4) is 0 Å². The van der Waals surface area contributed by atoms with Crippen molar-refractivity contribution in [2.24, 2.45) is 5.92 Å². The number of likely N-dealkylation sites (tertiary alicyclic amines) is 1. The molecule has 0 aromatic carbocycles. The number of aliphatic hydroxyl groups excluding tert-OH is 3. The molecule has 0 spiro atoms. The van der Waals surface area contributed by atoms with Gasteiger partial charge in [0.1, 0.15) is 0 Å². The first-order valence-corrected chi connectivity index (χ1v) is 6.51. The Kier molecular flexibility index (Phi) is 4.76. The van der Waals surface area contributed by atoms with E-state index < -0.39 is 12.2 Å². The molecule has 0 aliphatic carbocycles. The van der Waals surface area contributed by atoms with Crippen molar-refractivity contribution in [3.8, 4) is 0 Å². The summed E-state index contributed by atoms with van der Waals surface area (Å²) in [6, 6.07) is 0.0982. The lowest BCUT2D eigenvalue weighted by atomic mass is 9.89. The van der Waals surface area contributed by atoms with E-state index >= 15 is 0 Å². The van der Waals surface area contributed by atoms with Crippen molar-refractivity contribution in [3.63, 3.8) is 0 Å². The van der Waals surface area contributed by atoms with E-state index in [1.807, 2.05) is 0 Å². The van der Waals surface area contributed by atoms with Crippen LogP contribution in [0.25, 0.3) is 0 Å². The molecule has 0 aromatic heterocycles. The normalized spacial score (nSPS) is 34.8. The summed E-state index contributed by atoms with van der Waals surface area (Å²) in [7, 11) is 0. The zero-order valence-electron chi connectivity index (χ0n) is 10.2. The van der Waals surface area contributed by atoms with Gasteiger partial charge in [-0.3, -0.25) is 4.90 Å². The molecule has 0 saturated carbocycles. The van der Waals surface area contributed by atoms with E-state index in [9.17, 15) is 15.3 Å². The highest BCUT2D eigenvalue weighted by atomic mass is 16.5. The van der Waals surface area contributed by atoms with Gasteiger partial charge in [-0.2, -0.15) is 0 Å². The topological polar surface area (TPSA) is 73.2 Å². The van der Waals surface area contributed by atoms with Crippen molar-refractivity contribution in [1.82, 2.24) is 4.90 Å². The lowest BCUT2D eigenvalue weighted by Crippen LogP contribution is -2.54. The number of nitrogens with zero attached hydrogens (tertiary/aromatic N) is 1. The minimum absolute atomic E-state index is 0.0982. The molecule has 3 N–H and O–H groups in total. The minimum atomic E-state index is -0.683. The molecule has 100 valence electrons.